The van der Waals surface area contributed by atoms with Crippen LogP contribution in [-0.4, -0.2) is 68.3 Å². The van der Waals surface area contributed by atoms with Crippen molar-refractivity contribution in [3.8, 4) is 0 Å². The van der Waals surface area contributed by atoms with Gasteiger partial charge in [0.15, 0.2) is 0 Å². The summed E-state index contributed by atoms with van der Waals surface area (Å²) in [7, 11) is 3.93. The molecular weight excluding hydrogens is 278 g/mol. The van der Waals surface area contributed by atoms with E-state index in [0.29, 0.717) is 5.92 Å². The van der Waals surface area contributed by atoms with Crippen molar-refractivity contribution >= 4 is 6.03 Å². The minimum absolute atomic E-state index is 0.106. The van der Waals surface area contributed by atoms with Gasteiger partial charge in [0.1, 0.15) is 0 Å². The Morgan fingerprint density at radius 1 is 1.32 bits per heavy atom. The minimum atomic E-state index is 0.106. The highest BCUT2D eigenvalue weighted by Crippen LogP contribution is 2.22. The zero-order chi connectivity index (χ0) is 15.9. The van der Waals surface area contributed by atoms with E-state index in [4.69, 9.17) is 4.74 Å². The lowest BCUT2D eigenvalue weighted by Gasteiger charge is -2.32. The van der Waals surface area contributed by atoms with Gasteiger partial charge < -0.3 is 19.9 Å². The van der Waals surface area contributed by atoms with Crippen LogP contribution in [0, 0.1) is 5.92 Å². The average Bonchev–Trinajstić information content (AvgIpc) is 2.96. The van der Waals surface area contributed by atoms with Gasteiger partial charge in [-0.3, -0.25) is 0 Å². The number of hydrogen-bond donors (Lipinski definition) is 1. The molecule has 1 heterocycles. The number of carbonyl (C=O) groups is 1. The maximum absolute atomic E-state index is 12.5. The number of likely N-dealkylation sites (tertiary alicyclic amines) is 1. The topological polar surface area (TPSA) is 44.8 Å². The van der Waals surface area contributed by atoms with Crippen molar-refractivity contribution in [3.63, 3.8) is 0 Å². The Labute approximate surface area is 135 Å². The van der Waals surface area contributed by atoms with Crippen LogP contribution in [0.4, 0.5) is 4.79 Å². The molecule has 2 fully saturated rings. The van der Waals surface area contributed by atoms with Gasteiger partial charge in [0.2, 0.25) is 0 Å². The molecular formula is C17H33N3O2. The average molecular weight is 311 g/mol. The zero-order valence-electron chi connectivity index (χ0n) is 14.5. The van der Waals surface area contributed by atoms with E-state index >= 15 is 0 Å². The van der Waals surface area contributed by atoms with Gasteiger partial charge in [-0.15, -0.1) is 0 Å². The van der Waals surface area contributed by atoms with Gasteiger partial charge in [-0.1, -0.05) is 19.8 Å². The molecule has 1 aliphatic carbocycles. The Bertz CT molecular complexity index is 351. The number of nitrogens with one attached hydrogen (secondary N) is 1. The molecule has 1 aliphatic heterocycles. The Morgan fingerprint density at radius 3 is 2.82 bits per heavy atom. The third-order valence-electron chi connectivity index (χ3n) is 5.06. The van der Waals surface area contributed by atoms with Crippen LogP contribution in [0.2, 0.25) is 0 Å². The molecule has 0 bridgehead atoms. The van der Waals surface area contributed by atoms with Crippen LogP contribution in [0.15, 0.2) is 0 Å². The number of nitrogens with zero attached hydrogens (tertiary/aromatic N) is 2. The number of ether oxygens (including phenoxy) is 1. The van der Waals surface area contributed by atoms with Crippen molar-refractivity contribution in [2.45, 2.75) is 57.6 Å². The first-order valence-electron chi connectivity index (χ1n) is 8.90. The monoisotopic (exact) mass is 311 g/mol. The van der Waals surface area contributed by atoms with Gasteiger partial charge in [0, 0.05) is 26.7 Å². The maximum atomic E-state index is 12.5. The summed E-state index contributed by atoms with van der Waals surface area (Å²) >= 11 is 0. The standard InChI is InChI=1S/C17H33N3O2/c1-4-10-19(2)12-14-9-11-20(13-14)17(21)18-15-7-5-6-8-16(15)22-3/h14-16H,4-13H2,1-3H3,(H,18,21)/t14-,15+,16-/m0/s1. The van der Waals surface area contributed by atoms with Crippen LogP contribution in [0.3, 0.4) is 0 Å². The van der Waals surface area contributed by atoms with E-state index in [1.807, 2.05) is 4.90 Å². The molecule has 3 atom stereocenters. The summed E-state index contributed by atoms with van der Waals surface area (Å²) in [5.74, 6) is 0.617. The van der Waals surface area contributed by atoms with Crippen molar-refractivity contribution in [1.82, 2.24) is 15.1 Å². The van der Waals surface area contributed by atoms with Crippen LogP contribution in [0.5, 0.6) is 0 Å². The molecule has 5 nitrogen and oxygen atoms in total. The number of amides is 2. The summed E-state index contributed by atoms with van der Waals surface area (Å²) in [6.45, 7) is 6.23. The second-order valence-corrected chi connectivity index (χ2v) is 6.98. The lowest BCUT2D eigenvalue weighted by atomic mass is 9.92. The Morgan fingerprint density at radius 2 is 2.09 bits per heavy atom. The SMILES string of the molecule is CCCN(C)C[C@@H]1CCN(C(=O)N[C@@H]2CCCC[C@@H]2OC)C1. The Hall–Kier alpha value is -0.810. The molecule has 0 aromatic heterocycles. The first-order valence-corrected chi connectivity index (χ1v) is 8.90. The number of rotatable bonds is 6. The smallest absolute Gasteiger partial charge is 0.317 e. The molecule has 2 amide bonds. The fourth-order valence-corrected chi connectivity index (χ4v) is 3.87. The number of carbonyl (C=O) groups excluding carboxylic acids is 1. The molecule has 1 saturated carbocycles. The van der Waals surface area contributed by atoms with Crippen LogP contribution < -0.4 is 5.32 Å². The highest BCUT2D eigenvalue weighted by molar-refractivity contribution is 5.74. The molecule has 5 heteroatoms. The largest absolute Gasteiger partial charge is 0.379 e. The number of hydrogen-bond acceptors (Lipinski definition) is 3. The second kappa shape index (κ2) is 8.73. The lowest BCUT2D eigenvalue weighted by molar-refractivity contribution is 0.0434. The quantitative estimate of drug-likeness (QED) is 0.819. The molecule has 0 unspecified atom stereocenters. The summed E-state index contributed by atoms with van der Waals surface area (Å²) in [4.78, 5) is 16.9. The normalized spacial score (nSPS) is 29.1. The van der Waals surface area contributed by atoms with E-state index in [1.165, 1.54) is 19.3 Å². The summed E-state index contributed by atoms with van der Waals surface area (Å²) < 4.78 is 5.53. The van der Waals surface area contributed by atoms with Crippen LogP contribution >= 0.6 is 0 Å². The molecule has 2 aliphatic rings. The van der Waals surface area contributed by atoms with E-state index in [9.17, 15) is 4.79 Å². The molecule has 128 valence electrons. The number of methoxy groups -OCH3 is 1. The first kappa shape index (κ1) is 17.5. The first-order chi connectivity index (χ1) is 10.6. The van der Waals surface area contributed by atoms with Gasteiger partial charge in [-0.05, 0) is 45.2 Å². The third-order valence-corrected chi connectivity index (χ3v) is 5.06. The maximum Gasteiger partial charge on any atom is 0.317 e. The fraction of sp³-hybridized carbons (Fsp3) is 0.941. The lowest BCUT2D eigenvalue weighted by Crippen LogP contribution is -2.50. The number of urea groups is 1. The summed E-state index contributed by atoms with van der Waals surface area (Å²) in [5, 5.41) is 3.21. The molecule has 1 saturated heterocycles. The summed E-state index contributed by atoms with van der Waals surface area (Å²) in [5.41, 5.74) is 0. The van der Waals surface area contributed by atoms with E-state index in [-0.39, 0.29) is 18.2 Å². The van der Waals surface area contributed by atoms with Gasteiger partial charge >= 0.3 is 6.03 Å². The Kier molecular flexibility index (Phi) is 6.96. The van der Waals surface area contributed by atoms with Crippen molar-refractivity contribution in [2.75, 3.05) is 40.3 Å². The second-order valence-electron chi connectivity index (χ2n) is 6.98. The van der Waals surface area contributed by atoms with Crippen molar-refractivity contribution in [3.05, 3.63) is 0 Å². The molecule has 0 spiro atoms. The van der Waals surface area contributed by atoms with Crippen molar-refractivity contribution in [2.24, 2.45) is 5.92 Å². The fourth-order valence-electron chi connectivity index (χ4n) is 3.87. The van der Waals surface area contributed by atoms with E-state index in [0.717, 1.165) is 45.4 Å². The van der Waals surface area contributed by atoms with Crippen LogP contribution in [-0.2, 0) is 4.74 Å². The zero-order valence-corrected chi connectivity index (χ0v) is 14.5. The van der Waals surface area contributed by atoms with Gasteiger partial charge in [0.05, 0.1) is 12.1 Å². The highest BCUT2D eigenvalue weighted by Gasteiger charge is 2.31. The molecule has 0 radical (unpaired) electrons. The van der Waals surface area contributed by atoms with E-state index in [1.54, 1.807) is 7.11 Å². The van der Waals surface area contributed by atoms with Crippen LogP contribution in [0.1, 0.15) is 45.4 Å². The molecule has 0 aromatic carbocycles. The van der Waals surface area contributed by atoms with Crippen molar-refractivity contribution in [1.29, 1.82) is 0 Å². The predicted octanol–water partition coefficient (Wildman–Crippen LogP) is 2.32. The van der Waals surface area contributed by atoms with Gasteiger partial charge in [-0.2, -0.15) is 0 Å². The van der Waals surface area contributed by atoms with Gasteiger partial charge in [0.25, 0.3) is 0 Å². The predicted molar refractivity (Wildman–Crippen MR) is 89.1 cm³/mol. The summed E-state index contributed by atoms with van der Waals surface area (Å²) in [6.07, 6.45) is 7.00. The third kappa shape index (κ3) is 4.85. The van der Waals surface area contributed by atoms with Crippen LogP contribution in [0.25, 0.3) is 0 Å². The van der Waals surface area contributed by atoms with E-state index in [2.05, 4.69) is 24.2 Å². The molecule has 0 aromatic rings. The van der Waals surface area contributed by atoms with E-state index < -0.39 is 0 Å². The molecule has 22 heavy (non-hydrogen) atoms. The van der Waals surface area contributed by atoms with Gasteiger partial charge in [-0.25, -0.2) is 4.79 Å². The minimum Gasteiger partial charge on any atom is -0.379 e. The molecule has 1 N–H and O–H groups in total. The highest BCUT2D eigenvalue weighted by atomic mass is 16.5. The molecule has 2 rings (SSSR count). The van der Waals surface area contributed by atoms with Crippen molar-refractivity contribution < 1.29 is 9.53 Å². The Balaban J connectivity index is 1.76. The summed E-state index contributed by atoms with van der Waals surface area (Å²) in [6, 6.07) is 0.294.